The maximum atomic E-state index is 11.6. The number of nitrogens with one attached hydrogen (secondary N) is 1. The van der Waals surface area contributed by atoms with Crippen LogP contribution in [-0.2, 0) is 14.8 Å². The monoisotopic (exact) mass is 344 g/mol. The Labute approximate surface area is 141 Å². The van der Waals surface area contributed by atoms with Gasteiger partial charge in [0.2, 0.25) is 10.0 Å². The van der Waals surface area contributed by atoms with Gasteiger partial charge in [-0.05, 0) is 39.0 Å². The van der Waals surface area contributed by atoms with Crippen LogP contribution in [0.4, 0.5) is 0 Å². The molecule has 0 unspecified atom stereocenters. The van der Waals surface area contributed by atoms with E-state index in [2.05, 4.69) is 12.2 Å². The van der Waals surface area contributed by atoms with E-state index in [1.807, 2.05) is 0 Å². The molecule has 23 heavy (non-hydrogen) atoms. The lowest BCUT2D eigenvalue weighted by Crippen LogP contribution is -2.66. The molecule has 1 N–H and O–H groups in total. The highest BCUT2D eigenvalue weighted by atomic mass is 32.2. The van der Waals surface area contributed by atoms with Gasteiger partial charge in [-0.25, -0.2) is 12.7 Å². The zero-order valence-corrected chi connectivity index (χ0v) is 15.4. The van der Waals surface area contributed by atoms with Crippen molar-refractivity contribution in [3.63, 3.8) is 0 Å². The molecule has 6 heteroatoms. The maximum absolute atomic E-state index is 11.6. The maximum Gasteiger partial charge on any atom is 0.211 e. The number of piperidine rings is 1. The van der Waals surface area contributed by atoms with E-state index >= 15 is 0 Å². The van der Waals surface area contributed by atoms with Crippen molar-refractivity contribution < 1.29 is 13.2 Å². The summed E-state index contributed by atoms with van der Waals surface area (Å²) in [7, 11) is -3.03. The van der Waals surface area contributed by atoms with Crippen molar-refractivity contribution in [2.45, 2.75) is 76.5 Å². The van der Waals surface area contributed by atoms with E-state index in [9.17, 15) is 8.42 Å². The standard InChI is InChI=1S/C17H32N2O3S/c1-3-22-16-13-15(17(16)9-5-4-6-10-17)18-14-7-11-19(12-8-14)23(2,20)21/h14-16,18H,3-13H2,1-2H3/t15-,16+/m1/s1. The van der Waals surface area contributed by atoms with Crippen LogP contribution in [0, 0.1) is 5.41 Å². The molecule has 0 aromatic carbocycles. The normalized spacial score (nSPS) is 32.8. The van der Waals surface area contributed by atoms with Gasteiger partial charge in [-0.15, -0.1) is 0 Å². The molecule has 3 rings (SSSR count). The van der Waals surface area contributed by atoms with E-state index in [1.165, 1.54) is 38.4 Å². The third kappa shape index (κ3) is 3.60. The molecular formula is C17H32N2O3S. The van der Waals surface area contributed by atoms with Crippen LogP contribution in [0.15, 0.2) is 0 Å². The van der Waals surface area contributed by atoms with Gasteiger partial charge in [-0.3, -0.25) is 0 Å². The quantitative estimate of drug-likeness (QED) is 0.830. The summed E-state index contributed by atoms with van der Waals surface area (Å²) in [5.74, 6) is 0. The molecule has 3 fully saturated rings. The lowest BCUT2D eigenvalue weighted by Gasteiger charge is -2.59. The fourth-order valence-corrected chi connectivity index (χ4v) is 5.81. The van der Waals surface area contributed by atoms with Crippen molar-refractivity contribution >= 4 is 10.0 Å². The molecule has 2 saturated carbocycles. The molecule has 2 aliphatic carbocycles. The number of rotatable bonds is 5. The van der Waals surface area contributed by atoms with Crippen LogP contribution in [0.5, 0.6) is 0 Å². The second-order valence-electron chi connectivity index (χ2n) is 7.63. The predicted octanol–water partition coefficient (Wildman–Crippen LogP) is 2.13. The lowest BCUT2D eigenvalue weighted by atomic mass is 9.55. The van der Waals surface area contributed by atoms with Gasteiger partial charge in [0, 0.05) is 37.2 Å². The first-order chi connectivity index (χ1) is 11.0. The Morgan fingerprint density at radius 3 is 2.39 bits per heavy atom. The number of hydrogen-bond acceptors (Lipinski definition) is 4. The summed E-state index contributed by atoms with van der Waals surface area (Å²) in [6.07, 6.45) is 11.3. The minimum atomic E-state index is -3.03. The predicted molar refractivity (Wildman–Crippen MR) is 91.9 cm³/mol. The minimum absolute atomic E-state index is 0.349. The van der Waals surface area contributed by atoms with Gasteiger partial charge in [0.1, 0.15) is 0 Å². The minimum Gasteiger partial charge on any atom is -0.378 e. The summed E-state index contributed by atoms with van der Waals surface area (Å²) in [6, 6.07) is 1.02. The summed E-state index contributed by atoms with van der Waals surface area (Å²) < 4.78 is 30.9. The second-order valence-corrected chi connectivity index (χ2v) is 9.61. The molecule has 1 spiro atoms. The van der Waals surface area contributed by atoms with Crippen molar-refractivity contribution in [1.29, 1.82) is 0 Å². The molecule has 1 heterocycles. The molecule has 1 saturated heterocycles. The molecule has 0 amide bonds. The number of hydrogen-bond donors (Lipinski definition) is 1. The van der Waals surface area contributed by atoms with Gasteiger partial charge in [0.15, 0.2) is 0 Å². The van der Waals surface area contributed by atoms with E-state index in [1.54, 1.807) is 4.31 Å². The molecule has 0 radical (unpaired) electrons. The fourth-order valence-electron chi connectivity index (χ4n) is 4.94. The molecule has 1 aliphatic heterocycles. The average Bonchev–Trinajstić information content (AvgIpc) is 2.54. The number of sulfonamides is 1. The Morgan fingerprint density at radius 1 is 1.17 bits per heavy atom. The number of ether oxygens (including phenoxy) is 1. The molecule has 2 atom stereocenters. The van der Waals surface area contributed by atoms with Crippen LogP contribution in [0.3, 0.4) is 0 Å². The smallest absolute Gasteiger partial charge is 0.211 e. The first-order valence-electron chi connectivity index (χ1n) is 9.28. The van der Waals surface area contributed by atoms with E-state index in [0.29, 0.717) is 36.7 Å². The molecule has 0 aromatic rings. The highest BCUT2D eigenvalue weighted by Gasteiger charge is 2.55. The molecule has 0 bridgehead atoms. The van der Waals surface area contributed by atoms with Gasteiger partial charge < -0.3 is 10.1 Å². The van der Waals surface area contributed by atoms with E-state index in [0.717, 1.165) is 25.9 Å². The Kier molecular flexibility index (Phi) is 5.36. The average molecular weight is 345 g/mol. The summed E-state index contributed by atoms with van der Waals surface area (Å²) in [4.78, 5) is 0. The Balaban J connectivity index is 1.56. The van der Waals surface area contributed by atoms with Crippen molar-refractivity contribution in [3.05, 3.63) is 0 Å². The van der Waals surface area contributed by atoms with Crippen molar-refractivity contribution in [2.75, 3.05) is 26.0 Å². The first-order valence-corrected chi connectivity index (χ1v) is 11.1. The third-order valence-electron chi connectivity index (χ3n) is 6.30. The van der Waals surface area contributed by atoms with E-state index in [4.69, 9.17) is 4.74 Å². The Bertz CT molecular complexity index is 494. The van der Waals surface area contributed by atoms with Gasteiger partial charge in [0.05, 0.1) is 12.4 Å². The largest absolute Gasteiger partial charge is 0.378 e. The van der Waals surface area contributed by atoms with E-state index < -0.39 is 10.0 Å². The number of nitrogens with zero attached hydrogens (tertiary/aromatic N) is 1. The van der Waals surface area contributed by atoms with E-state index in [-0.39, 0.29) is 0 Å². The lowest BCUT2D eigenvalue weighted by molar-refractivity contribution is -0.152. The SMILES string of the molecule is CCO[C@H]1C[C@@H](NC2CCN(S(C)(=O)=O)CC2)C12CCCCC2. The molecule has 134 valence electrons. The molecule has 3 aliphatic rings. The summed E-state index contributed by atoms with van der Waals surface area (Å²) in [6.45, 7) is 4.22. The summed E-state index contributed by atoms with van der Waals surface area (Å²) >= 11 is 0. The van der Waals surface area contributed by atoms with Gasteiger partial charge >= 0.3 is 0 Å². The highest BCUT2D eigenvalue weighted by Crippen LogP contribution is 2.53. The van der Waals surface area contributed by atoms with Crippen LogP contribution in [0.2, 0.25) is 0 Å². The highest BCUT2D eigenvalue weighted by molar-refractivity contribution is 7.88. The van der Waals surface area contributed by atoms with Crippen LogP contribution in [-0.4, -0.2) is 56.9 Å². The van der Waals surface area contributed by atoms with Crippen molar-refractivity contribution in [3.8, 4) is 0 Å². The van der Waals surface area contributed by atoms with Crippen LogP contribution >= 0.6 is 0 Å². The van der Waals surface area contributed by atoms with Gasteiger partial charge in [-0.1, -0.05) is 19.3 Å². The van der Waals surface area contributed by atoms with Crippen molar-refractivity contribution in [2.24, 2.45) is 5.41 Å². The zero-order valence-electron chi connectivity index (χ0n) is 14.6. The molecule has 0 aromatic heterocycles. The van der Waals surface area contributed by atoms with Crippen molar-refractivity contribution in [1.82, 2.24) is 9.62 Å². The summed E-state index contributed by atoms with van der Waals surface area (Å²) in [5.41, 5.74) is 0.349. The topological polar surface area (TPSA) is 58.6 Å². The van der Waals surface area contributed by atoms with Crippen LogP contribution in [0.25, 0.3) is 0 Å². The second kappa shape index (κ2) is 6.98. The molecule has 5 nitrogen and oxygen atoms in total. The fraction of sp³-hybridized carbons (Fsp3) is 1.00. The Morgan fingerprint density at radius 2 is 1.83 bits per heavy atom. The third-order valence-corrected chi connectivity index (χ3v) is 7.60. The first kappa shape index (κ1) is 17.6. The summed E-state index contributed by atoms with van der Waals surface area (Å²) in [5, 5.41) is 3.87. The molecular weight excluding hydrogens is 312 g/mol. The van der Waals surface area contributed by atoms with Gasteiger partial charge in [0.25, 0.3) is 0 Å². The van der Waals surface area contributed by atoms with Crippen LogP contribution < -0.4 is 5.32 Å². The Hall–Kier alpha value is -0.170. The zero-order chi connectivity index (χ0) is 16.5. The van der Waals surface area contributed by atoms with Gasteiger partial charge in [-0.2, -0.15) is 0 Å². The van der Waals surface area contributed by atoms with Crippen LogP contribution in [0.1, 0.15) is 58.3 Å².